The van der Waals surface area contributed by atoms with Crippen molar-refractivity contribution in [2.75, 3.05) is 47.2 Å². The molecule has 2 bridgehead atoms. The minimum Gasteiger partial charge on any atom is -0.460 e. The predicted octanol–water partition coefficient (Wildman–Crippen LogP) is 5.09. The highest BCUT2D eigenvalue weighted by atomic mass is 16.6. The number of amides is 1. The van der Waals surface area contributed by atoms with Crippen LogP contribution in [0.5, 0.6) is 0 Å². The largest absolute Gasteiger partial charge is 0.460 e. The zero-order valence-electron chi connectivity index (χ0n) is 46.4. The van der Waals surface area contributed by atoms with Crippen molar-refractivity contribution in [3.8, 4) is 0 Å². The lowest BCUT2D eigenvalue weighted by molar-refractivity contribution is -0.266. The Kier molecular flexibility index (Phi) is 23.2. The number of hydrogen-bond acceptors (Lipinski definition) is 17. The number of carbonyl (C=O) groups excluding carboxylic acids is 5. The number of carbonyl (C=O) groups is 5. The molecular formula is C58H89NO17. The number of methoxy groups -OCH3 is 2. The Bertz CT molecular complexity index is 2090. The van der Waals surface area contributed by atoms with Crippen LogP contribution in [0, 0.1) is 35.5 Å². The number of aliphatic hydroxyl groups is 4. The zero-order chi connectivity index (χ0) is 55.4. The summed E-state index contributed by atoms with van der Waals surface area (Å²) in [5.74, 6) is -8.40. The predicted molar refractivity (Wildman–Crippen MR) is 279 cm³/mol. The third kappa shape index (κ3) is 15.6. The number of piperidine rings is 1. The van der Waals surface area contributed by atoms with Gasteiger partial charge in [-0.05, 0) is 107 Å². The molecule has 0 radical (unpaired) electrons. The van der Waals surface area contributed by atoms with E-state index in [1.165, 1.54) is 12.0 Å². The van der Waals surface area contributed by atoms with E-state index < -0.39 is 96.1 Å². The summed E-state index contributed by atoms with van der Waals surface area (Å²) in [5.41, 5.74) is 1.18. The van der Waals surface area contributed by atoms with E-state index in [1.54, 1.807) is 40.9 Å². The summed E-state index contributed by atoms with van der Waals surface area (Å²) >= 11 is 0. The molecule has 5 heterocycles. The van der Waals surface area contributed by atoms with E-state index in [1.807, 2.05) is 51.2 Å². The molecule has 428 valence electrons. The van der Waals surface area contributed by atoms with E-state index in [4.69, 9.17) is 37.9 Å². The van der Waals surface area contributed by atoms with Crippen LogP contribution < -0.4 is 0 Å². The number of hydrogen-bond donors (Lipinski definition) is 4. The maximum Gasteiger partial charge on any atom is 0.329 e. The summed E-state index contributed by atoms with van der Waals surface area (Å²) in [5, 5.41) is 44.5. The van der Waals surface area contributed by atoms with E-state index in [0.29, 0.717) is 63.4 Å². The van der Waals surface area contributed by atoms with Gasteiger partial charge in [-0.1, -0.05) is 71.1 Å². The van der Waals surface area contributed by atoms with Crippen LogP contribution >= 0.6 is 0 Å². The Labute approximate surface area is 449 Å². The van der Waals surface area contributed by atoms with Gasteiger partial charge in [0.05, 0.1) is 50.8 Å². The number of esters is 1. The van der Waals surface area contributed by atoms with Gasteiger partial charge in [0.2, 0.25) is 5.79 Å². The van der Waals surface area contributed by atoms with Gasteiger partial charge in [0.1, 0.15) is 54.6 Å². The molecule has 0 spiro atoms. The lowest BCUT2D eigenvalue weighted by Crippen LogP contribution is -2.61. The van der Waals surface area contributed by atoms with Crippen LogP contribution in [-0.2, 0) is 61.9 Å². The van der Waals surface area contributed by atoms with Crippen molar-refractivity contribution < 1.29 is 82.3 Å². The maximum atomic E-state index is 14.5. The van der Waals surface area contributed by atoms with Crippen molar-refractivity contribution in [1.82, 2.24) is 4.90 Å². The average molecular weight is 1070 g/mol. The molecule has 0 aromatic heterocycles. The minimum absolute atomic E-state index is 0.0290. The zero-order valence-corrected chi connectivity index (χ0v) is 46.4. The molecular weight excluding hydrogens is 983 g/mol. The second-order valence-electron chi connectivity index (χ2n) is 22.8. The van der Waals surface area contributed by atoms with Crippen molar-refractivity contribution in [2.24, 2.45) is 35.5 Å². The molecule has 1 saturated carbocycles. The van der Waals surface area contributed by atoms with Gasteiger partial charge in [-0.3, -0.25) is 19.2 Å². The lowest BCUT2D eigenvalue weighted by atomic mass is 9.78. The first-order chi connectivity index (χ1) is 36.2. The third-order valence-corrected chi connectivity index (χ3v) is 16.9. The highest BCUT2D eigenvalue weighted by molar-refractivity contribution is 6.39. The quantitative estimate of drug-likeness (QED) is 0.0963. The minimum atomic E-state index is -2.51. The summed E-state index contributed by atoms with van der Waals surface area (Å²) in [7, 11) is 2.93. The molecule has 1 amide bonds. The highest BCUT2D eigenvalue weighted by Crippen LogP contribution is 2.38. The number of cyclic esters (lactones) is 1. The fourth-order valence-electron chi connectivity index (χ4n) is 12.0. The average Bonchev–Trinajstić information content (AvgIpc) is 3.99. The highest BCUT2D eigenvalue weighted by Gasteiger charge is 2.53. The van der Waals surface area contributed by atoms with Gasteiger partial charge in [-0.25, -0.2) is 4.79 Å². The summed E-state index contributed by atoms with van der Waals surface area (Å²) in [6.07, 6.45) is 8.36. The molecule has 18 heteroatoms. The first-order valence-corrected chi connectivity index (χ1v) is 28.0. The van der Waals surface area contributed by atoms with E-state index in [0.717, 1.165) is 5.57 Å². The van der Waals surface area contributed by atoms with Crippen molar-refractivity contribution in [1.29, 1.82) is 0 Å². The number of nitrogens with zero attached hydrogens (tertiary/aromatic N) is 1. The number of Topliss-reactive ketones (excluding diaryl/α,β-unsaturated/α-hetero) is 3. The molecule has 0 aromatic rings. The number of fused-ring (bicyclic) bond motifs is 4. The molecule has 0 aromatic carbocycles. The van der Waals surface area contributed by atoms with Crippen LogP contribution in [0.1, 0.15) is 126 Å². The molecule has 4 saturated heterocycles. The lowest BCUT2D eigenvalue weighted by Gasteiger charge is -2.43. The SMILES string of the molecule is CO[C@@H]1C[C@H](C[C@@H](C)[C@@H]2CC(=O)[C@H](C)/C=C(\C)[C@@H](O)[C@@H](OC)C(=O)[C@H](C)C[C@H](C)/C=C/C=CC=C(C)[C@@H](OCCO[C@@H]3CO[C@H]4[C@@H]3OC[C@@H]4O)C[C@@H]3CC[C@@H](C)[C@@](O)(O3)C(=O)C(=O)N3CCCC[C@H]3C(=O)O2)CC[C@H]1O. The normalized spacial score (nSPS) is 40.9. The van der Waals surface area contributed by atoms with Crippen LogP contribution in [-0.4, -0.2) is 181 Å². The van der Waals surface area contributed by atoms with Crippen LogP contribution in [0.2, 0.25) is 0 Å². The fourth-order valence-corrected chi connectivity index (χ4v) is 12.0. The molecule has 76 heavy (non-hydrogen) atoms. The van der Waals surface area contributed by atoms with Crippen LogP contribution in [0.3, 0.4) is 0 Å². The van der Waals surface area contributed by atoms with Gasteiger partial charge in [-0.15, -0.1) is 0 Å². The maximum absolute atomic E-state index is 14.5. The summed E-state index contributed by atoms with van der Waals surface area (Å²) in [6, 6.07) is -1.18. The van der Waals surface area contributed by atoms with Crippen molar-refractivity contribution in [3.63, 3.8) is 0 Å². The monoisotopic (exact) mass is 1070 g/mol. The van der Waals surface area contributed by atoms with Gasteiger partial charge >= 0.3 is 5.97 Å². The van der Waals surface area contributed by atoms with E-state index in [9.17, 15) is 44.4 Å². The van der Waals surface area contributed by atoms with E-state index in [-0.39, 0.29) is 99.9 Å². The Morgan fingerprint density at radius 1 is 0.789 bits per heavy atom. The van der Waals surface area contributed by atoms with Crippen molar-refractivity contribution in [2.45, 2.75) is 204 Å². The molecule has 5 aliphatic heterocycles. The Balaban J connectivity index is 1.28. The number of ketones is 3. The van der Waals surface area contributed by atoms with Gasteiger partial charge in [-0.2, -0.15) is 0 Å². The van der Waals surface area contributed by atoms with Crippen molar-refractivity contribution in [3.05, 3.63) is 47.6 Å². The number of ether oxygens (including phenoxy) is 8. The first kappa shape index (κ1) is 61.7. The summed E-state index contributed by atoms with van der Waals surface area (Å²) in [6.45, 7) is 13.4. The second-order valence-corrected chi connectivity index (χ2v) is 22.8. The smallest absolute Gasteiger partial charge is 0.329 e. The molecule has 4 N–H and O–H groups in total. The van der Waals surface area contributed by atoms with Gasteiger partial charge in [0.25, 0.3) is 11.7 Å². The molecule has 1 aliphatic carbocycles. The van der Waals surface area contributed by atoms with Crippen LogP contribution in [0.25, 0.3) is 0 Å². The third-order valence-electron chi connectivity index (χ3n) is 16.9. The summed E-state index contributed by atoms with van der Waals surface area (Å²) < 4.78 is 47.8. The molecule has 19 atom stereocenters. The molecule has 5 fully saturated rings. The topological polar surface area (TPSA) is 243 Å². The fraction of sp³-hybridized carbons (Fsp3) is 0.776. The standard InChI is InChI=1S/C58H89NO17/c1-33-15-11-10-12-16-34(2)46(71-23-24-72-49-32-74-52-45(62)31-73-53(49)52)29-41-20-18-39(7)58(68,76-41)55(65)56(66)59-22-14-13-17-42(59)57(67)75-47(36(4)27-40-19-21-43(60)48(28-40)69-8)30-44(61)35(3)26-38(6)51(64)54(70-9)50(63)37(5)25-33/h10-12,15-16,26,33,35-37,39-43,45-49,51-54,60,62,64,68H,13-14,17-25,27-32H2,1-9H3/b12-10?,15-11+,34-16?,38-26+/t33-,35-,36-,37-,39-,40+,41+,42+,43-,45+,46+,47+,48-,49-,51-,52-,53-,54+,58-/m1/s1. The molecule has 0 unspecified atom stereocenters. The first-order valence-electron chi connectivity index (χ1n) is 28.0. The Morgan fingerprint density at radius 3 is 2.26 bits per heavy atom. The molecule has 6 rings (SSSR count). The number of allylic oxidation sites excluding steroid dienone is 6. The second kappa shape index (κ2) is 28.6. The summed E-state index contributed by atoms with van der Waals surface area (Å²) in [4.78, 5) is 72.8. The van der Waals surface area contributed by atoms with Gasteiger partial charge in [0, 0.05) is 51.4 Å². The van der Waals surface area contributed by atoms with Gasteiger partial charge in [0.15, 0.2) is 5.78 Å². The van der Waals surface area contributed by atoms with E-state index in [2.05, 4.69) is 0 Å². The molecule has 18 nitrogen and oxygen atoms in total. The van der Waals surface area contributed by atoms with E-state index >= 15 is 0 Å². The van der Waals surface area contributed by atoms with Crippen molar-refractivity contribution >= 4 is 29.2 Å². The Hall–Kier alpha value is -3.53. The van der Waals surface area contributed by atoms with Crippen LogP contribution in [0.15, 0.2) is 47.6 Å². The molecule has 6 aliphatic rings. The number of rotatable bonds is 10. The van der Waals surface area contributed by atoms with Gasteiger partial charge < -0.3 is 63.2 Å². The van der Waals surface area contributed by atoms with Crippen LogP contribution in [0.4, 0.5) is 0 Å². The number of aliphatic hydroxyl groups excluding tert-OH is 3. The Morgan fingerprint density at radius 2 is 1.53 bits per heavy atom.